The van der Waals surface area contributed by atoms with Crippen molar-refractivity contribution < 1.29 is 14.0 Å². The van der Waals surface area contributed by atoms with Crippen molar-refractivity contribution >= 4 is 34.8 Å². The third-order valence-electron chi connectivity index (χ3n) is 5.02. The summed E-state index contributed by atoms with van der Waals surface area (Å²) in [6.07, 6.45) is 0.136. The summed E-state index contributed by atoms with van der Waals surface area (Å²) in [7, 11) is 0. The molecule has 7 heteroatoms. The largest absolute Gasteiger partial charge is 0.390 e. The van der Waals surface area contributed by atoms with Gasteiger partial charge in [-0.2, -0.15) is 0 Å². The Kier molecular flexibility index (Phi) is 6.54. The Morgan fingerprint density at radius 2 is 1.77 bits per heavy atom. The predicted octanol–water partition coefficient (Wildman–Crippen LogP) is 5.97. The molecule has 0 saturated carbocycles. The van der Waals surface area contributed by atoms with Crippen LogP contribution in [0.3, 0.4) is 0 Å². The topological polar surface area (TPSA) is 41.9 Å². The lowest BCUT2D eigenvalue weighted by Gasteiger charge is -2.25. The van der Waals surface area contributed by atoms with Crippen LogP contribution < -0.4 is 0 Å². The molecule has 158 valence electrons. The molecule has 1 aliphatic rings. The zero-order chi connectivity index (χ0) is 21.8. The lowest BCUT2D eigenvalue weighted by Crippen LogP contribution is -2.37. The molecular formula is C24H19Cl2FN2O2. The molecule has 0 radical (unpaired) electrons. The van der Waals surface area contributed by atoms with E-state index in [1.165, 1.54) is 12.1 Å². The maximum absolute atomic E-state index is 14.3. The van der Waals surface area contributed by atoms with Gasteiger partial charge in [0.1, 0.15) is 5.82 Å². The summed E-state index contributed by atoms with van der Waals surface area (Å²) in [6, 6.07) is 20.8. The molecular weight excluding hydrogens is 438 g/mol. The third kappa shape index (κ3) is 5.06. The lowest BCUT2D eigenvalue weighted by atomic mass is 10.0. The molecule has 1 heterocycles. The third-order valence-corrected chi connectivity index (χ3v) is 5.76. The summed E-state index contributed by atoms with van der Waals surface area (Å²) >= 11 is 12.1. The van der Waals surface area contributed by atoms with E-state index in [1.807, 2.05) is 36.4 Å². The summed E-state index contributed by atoms with van der Waals surface area (Å²) in [4.78, 5) is 20.3. The van der Waals surface area contributed by atoms with Crippen LogP contribution in [0.15, 0.2) is 78.0 Å². The summed E-state index contributed by atoms with van der Waals surface area (Å²) in [6.45, 7) is 0.590. The van der Waals surface area contributed by atoms with Crippen LogP contribution in [-0.4, -0.2) is 29.2 Å². The van der Waals surface area contributed by atoms with Gasteiger partial charge in [-0.3, -0.25) is 4.79 Å². The first kappa shape index (κ1) is 21.3. The first-order chi connectivity index (χ1) is 15.0. The van der Waals surface area contributed by atoms with Crippen molar-refractivity contribution in [1.29, 1.82) is 0 Å². The number of amides is 1. The maximum Gasteiger partial charge on any atom is 0.257 e. The molecule has 31 heavy (non-hydrogen) atoms. The summed E-state index contributed by atoms with van der Waals surface area (Å²) in [5.41, 5.74) is 2.51. The molecule has 0 spiro atoms. The molecule has 3 aromatic carbocycles. The molecule has 0 saturated heterocycles. The highest BCUT2D eigenvalue weighted by atomic mass is 35.5. The zero-order valence-corrected chi connectivity index (χ0v) is 18.0. The van der Waals surface area contributed by atoms with E-state index in [9.17, 15) is 9.18 Å². The van der Waals surface area contributed by atoms with Crippen LogP contribution >= 0.6 is 23.2 Å². The average molecular weight is 457 g/mol. The fourth-order valence-electron chi connectivity index (χ4n) is 3.45. The Balaban J connectivity index is 1.52. The van der Waals surface area contributed by atoms with Crippen LogP contribution in [0, 0.1) is 5.82 Å². The molecule has 0 N–H and O–H groups in total. The van der Waals surface area contributed by atoms with Crippen LogP contribution in [0.2, 0.25) is 10.0 Å². The van der Waals surface area contributed by atoms with Gasteiger partial charge in [0, 0.05) is 18.5 Å². The second-order valence-corrected chi connectivity index (χ2v) is 8.06. The van der Waals surface area contributed by atoms with Gasteiger partial charge >= 0.3 is 0 Å². The van der Waals surface area contributed by atoms with Crippen molar-refractivity contribution in [1.82, 2.24) is 4.90 Å². The number of hydrogen-bond donors (Lipinski definition) is 0. The molecule has 3 aromatic rings. The average Bonchev–Trinajstić information content (AvgIpc) is 3.24. The van der Waals surface area contributed by atoms with Crippen molar-refractivity contribution in [3.63, 3.8) is 0 Å². The van der Waals surface area contributed by atoms with Gasteiger partial charge in [0.25, 0.3) is 5.91 Å². The molecule has 0 aliphatic carbocycles. The molecule has 4 nitrogen and oxygen atoms in total. The Hall–Kier alpha value is -2.89. The fourth-order valence-corrected chi connectivity index (χ4v) is 3.74. The van der Waals surface area contributed by atoms with Crippen molar-refractivity contribution in [3.05, 3.63) is 105 Å². The number of benzene rings is 3. The first-order valence-electron chi connectivity index (χ1n) is 9.77. The van der Waals surface area contributed by atoms with Gasteiger partial charge in [0.2, 0.25) is 0 Å². The van der Waals surface area contributed by atoms with Gasteiger partial charge in [-0.1, -0.05) is 76.9 Å². The maximum atomic E-state index is 14.3. The van der Waals surface area contributed by atoms with Crippen LogP contribution in [0.5, 0.6) is 0 Å². The van der Waals surface area contributed by atoms with Gasteiger partial charge in [-0.15, -0.1) is 0 Å². The van der Waals surface area contributed by atoms with E-state index in [0.717, 1.165) is 16.8 Å². The Morgan fingerprint density at radius 1 is 1.03 bits per heavy atom. The monoisotopic (exact) mass is 456 g/mol. The number of carbonyl (C=O) groups is 1. The van der Waals surface area contributed by atoms with Gasteiger partial charge < -0.3 is 9.74 Å². The van der Waals surface area contributed by atoms with Crippen LogP contribution in [0.25, 0.3) is 0 Å². The molecule has 0 aromatic heterocycles. The number of hydrogen-bond acceptors (Lipinski definition) is 3. The minimum Gasteiger partial charge on any atom is -0.390 e. The second-order valence-electron chi connectivity index (χ2n) is 7.25. The van der Waals surface area contributed by atoms with E-state index in [1.54, 1.807) is 29.2 Å². The minimum atomic E-state index is -0.550. The normalized spacial score (nSPS) is 15.3. The van der Waals surface area contributed by atoms with E-state index < -0.39 is 11.7 Å². The van der Waals surface area contributed by atoms with Gasteiger partial charge in [-0.25, -0.2) is 4.39 Å². The Morgan fingerprint density at radius 3 is 2.52 bits per heavy atom. The van der Waals surface area contributed by atoms with E-state index in [2.05, 4.69) is 5.16 Å². The highest BCUT2D eigenvalue weighted by molar-refractivity contribution is 6.42. The summed E-state index contributed by atoms with van der Waals surface area (Å²) in [5.74, 6) is -0.945. The van der Waals surface area contributed by atoms with E-state index in [4.69, 9.17) is 28.0 Å². The number of carbonyl (C=O) groups excluding carboxylic acids is 1. The Bertz CT molecular complexity index is 1120. The molecule has 0 unspecified atom stereocenters. The Labute approximate surface area is 189 Å². The van der Waals surface area contributed by atoms with Crippen LogP contribution in [0.1, 0.15) is 27.9 Å². The quantitative estimate of drug-likeness (QED) is 0.458. The molecule has 1 amide bonds. The predicted molar refractivity (Wildman–Crippen MR) is 120 cm³/mol. The minimum absolute atomic E-state index is 0.0297. The standard InChI is InChI=1S/C24H19Cl2FN2O2/c25-20-11-10-17(12-21(20)26)23-13-18(31-28-23)15-29(14-16-6-2-1-3-7-16)24(30)19-8-4-5-9-22(19)27/h1-12,18H,13-15H2/t18-/m1/s1. The molecule has 4 rings (SSSR count). The number of nitrogens with zero attached hydrogens (tertiary/aromatic N) is 2. The molecule has 0 bridgehead atoms. The SMILES string of the molecule is O=C(c1ccccc1F)N(Cc1ccccc1)C[C@H]1CC(c2ccc(Cl)c(Cl)c2)=NO1. The number of oxime groups is 1. The van der Waals surface area contributed by atoms with Gasteiger partial charge in [0.15, 0.2) is 6.10 Å². The number of rotatable bonds is 6. The summed E-state index contributed by atoms with van der Waals surface area (Å²) < 4.78 is 14.3. The van der Waals surface area contributed by atoms with Crippen molar-refractivity contribution in [2.24, 2.45) is 5.16 Å². The van der Waals surface area contributed by atoms with E-state index >= 15 is 0 Å². The molecule has 1 atom stereocenters. The van der Waals surface area contributed by atoms with Crippen molar-refractivity contribution in [3.8, 4) is 0 Å². The van der Waals surface area contributed by atoms with E-state index in [0.29, 0.717) is 23.0 Å². The highest BCUT2D eigenvalue weighted by Gasteiger charge is 2.28. The zero-order valence-electron chi connectivity index (χ0n) is 16.5. The molecule has 0 fully saturated rings. The van der Waals surface area contributed by atoms with Crippen LogP contribution in [-0.2, 0) is 11.4 Å². The lowest BCUT2D eigenvalue weighted by molar-refractivity contribution is 0.0402. The van der Waals surface area contributed by atoms with Crippen molar-refractivity contribution in [2.45, 2.75) is 19.1 Å². The van der Waals surface area contributed by atoms with Crippen molar-refractivity contribution in [2.75, 3.05) is 6.54 Å². The van der Waals surface area contributed by atoms with Gasteiger partial charge in [-0.05, 0) is 29.8 Å². The highest BCUT2D eigenvalue weighted by Crippen LogP contribution is 2.26. The number of halogens is 3. The molecule has 1 aliphatic heterocycles. The second kappa shape index (κ2) is 9.50. The smallest absolute Gasteiger partial charge is 0.257 e. The van der Waals surface area contributed by atoms with Crippen LogP contribution in [0.4, 0.5) is 4.39 Å². The summed E-state index contributed by atoms with van der Waals surface area (Å²) in [5, 5.41) is 5.07. The van der Waals surface area contributed by atoms with Gasteiger partial charge in [0.05, 0.1) is 27.9 Å². The first-order valence-corrected chi connectivity index (χ1v) is 10.5. The fraction of sp³-hybridized carbons (Fsp3) is 0.167. The van der Waals surface area contributed by atoms with E-state index in [-0.39, 0.29) is 18.2 Å².